The second kappa shape index (κ2) is 14.1. The van der Waals surface area contributed by atoms with E-state index in [-0.39, 0.29) is 0 Å². The molecule has 0 unspecified atom stereocenters. The summed E-state index contributed by atoms with van der Waals surface area (Å²) in [6, 6.07) is 93.1. The van der Waals surface area contributed by atoms with Crippen LogP contribution in [0.25, 0.3) is 115 Å². The SMILES string of the molecule is c1ccc2c(c1)-c1ccccc1C21c2ccccc2-c2ccc(-c3c4ccccc4c(-c4ccc(-n5c6ccccc6c6cc(-c7cccc8ccccc78)ccc65)cc4)c4ccccc34)cc21. The molecule has 2 aliphatic carbocycles. The second-order valence-corrected chi connectivity index (χ2v) is 18.6. The van der Waals surface area contributed by atoms with Crippen molar-refractivity contribution in [1.82, 2.24) is 4.57 Å². The number of aromatic nitrogens is 1. The Bertz CT molecular complexity index is 4130. The van der Waals surface area contributed by atoms with Gasteiger partial charge in [0.15, 0.2) is 0 Å². The molecule has 68 heavy (non-hydrogen) atoms. The number of nitrogens with zero attached hydrogens (tertiary/aromatic N) is 1. The molecule has 15 rings (SSSR count). The van der Waals surface area contributed by atoms with Crippen molar-refractivity contribution in [3.05, 3.63) is 271 Å². The lowest BCUT2D eigenvalue weighted by atomic mass is 9.70. The largest absolute Gasteiger partial charge is 0.309 e. The van der Waals surface area contributed by atoms with Gasteiger partial charge in [-0.1, -0.05) is 212 Å². The molecule has 0 bridgehead atoms. The summed E-state index contributed by atoms with van der Waals surface area (Å²) in [5, 5.41) is 10.1. The maximum atomic E-state index is 2.54. The van der Waals surface area contributed by atoms with Gasteiger partial charge in [-0.15, -0.1) is 0 Å². The summed E-state index contributed by atoms with van der Waals surface area (Å²) in [7, 11) is 0. The van der Waals surface area contributed by atoms with Gasteiger partial charge in [-0.3, -0.25) is 0 Å². The molecule has 1 heterocycles. The first-order valence-corrected chi connectivity index (χ1v) is 23.8. The molecule has 0 amide bonds. The van der Waals surface area contributed by atoms with Gasteiger partial charge in [-0.25, -0.2) is 0 Å². The Labute approximate surface area is 394 Å². The fourth-order valence-corrected chi connectivity index (χ4v) is 12.7. The number of para-hydroxylation sites is 1. The molecule has 2 aliphatic rings. The van der Waals surface area contributed by atoms with Gasteiger partial charge in [0.2, 0.25) is 0 Å². The molecule has 1 spiro atoms. The first-order valence-electron chi connectivity index (χ1n) is 23.8. The van der Waals surface area contributed by atoms with Crippen LogP contribution >= 0.6 is 0 Å². The van der Waals surface area contributed by atoms with Gasteiger partial charge < -0.3 is 4.57 Å². The summed E-state index contributed by atoms with van der Waals surface area (Å²) in [5.74, 6) is 0. The molecule has 0 saturated heterocycles. The summed E-state index contributed by atoms with van der Waals surface area (Å²) in [6.45, 7) is 0. The highest BCUT2D eigenvalue weighted by atomic mass is 15.0. The Kier molecular flexibility index (Phi) is 7.77. The molecule has 0 N–H and O–H groups in total. The van der Waals surface area contributed by atoms with Crippen molar-refractivity contribution in [2.24, 2.45) is 0 Å². The van der Waals surface area contributed by atoms with Crippen LogP contribution in [0.2, 0.25) is 0 Å². The number of fused-ring (bicyclic) bond motifs is 16. The molecule has 0 radical (unpaired) electrons. The minimum Gasteiger partial charge on any atom is -0.309 e. The van der Waals surface area contributed by atoms with Crippen molar-refractivity contribution in [2.75, 3.05) is 0 Å². The van der Waals surface area contributed by atoms with Gasteiger partial charge >= 0.3 is 0 Å². The molecular weight excluding hydrogens is 819 g/mol. The third-order valence-electron chi connectivity index (χ3n) is 15.4. The minimum absolute atomic E-state index is 0.405. The van der Waals surface area contributed by atoms with Crippen LogP contribution in [0.15, 0.2) is 249 Å². The Balaban J connectivity index is 0.899. The second-order valence-electron chi connectivity index (χ2n) is 18.6. The van der Waals surface area contributed by atoms with Crippen molar-refractivity contribution < 1.29 is 0 Å². The average molecular weight is 860 g/mol. The van der Waals surface area contributed by atoms with Gasteiger partial charge in [0.25, 0.3) is 0 Å². The van der Waals surface area contributed by atoms with Crippen molar-refractivity contribution in [2.45, 2.75) is 5.41 Å². The van der Waals surface area contributed by atoms with Crippen LogP contribution in [0.1, 0.15) is 22.3 Å². The van der Waals surface area contributed by atoms with Crippen LogP contribution < -0.4 is 0 Å². The van der Waals surface area contributed by atoms with Crippen molar-refractivity contribution in [3.8, 4) is 61.3 Å². The van der Waals surface area contributed by atoms with Crippen molar-refractivity contribution >= 4 is 54.1 Å². The van der Waals surface area contributed by atoms with E-state index in [1.807, 2.05) is 0 Å². The fraction of sp³-hybridized carbons (Fsp3) is 0.0149. The summed E-state index contributed by atoms with van der Waals surface area (Å²) in [6.07, 6.45) is 0. The van der Waals surface area contributed by atoms with Gasteiger partial charge in [-0.2, -0.15) is 0 Å². The van der Waals surface area contributed by atoms with E-state index >= 15 is 0 Å². The number of benzene rings is 12. The zero-order valence-corrected chi connectivity index (χ0v) is 37.1. The standard InChI is InChI=1S/C67H41N/c1-2-18-47-42(16-1)17-15-27-48(47)44-35-39-64-58(40-44)53-22-10-14-31-63(53)68(64)46-36-32-43(33-37-46)65-54-23-3-5-25-56(54)66(57-26-6-4-24-55(57)65)45-34-38-52-51-21-9-13-30-61(51)67(62(52)41-45)59-28-11-7-19-49(59)50-20-8-12-29-60(50)67/h1-41H. The number of hydrogen-bond acceptors (Lipinski definition) is 0. The molecule has 1 aromatic heterocycles. The van der Waals surface area contributed by atoms with Gasteiger partial charge in [0.05, 0.1) is 16.4 Å². The summed E-state index contributed by atoms with van der Waals surface area (Å²) < 4.78 is 2.43. The van der Waals surface area contributed by atoms with Crippen molar-refractivity contribution in [3.63, 3.8) is 0 Å². The van der Waals surface area contributed by atoms with E-state index in [1.165, 1.54) is 132 Å². The van der Waals surface area contributed by atoms with Gasteiger partial charge in [0.1, 0.15) is 0 Å². The molecule has 1 heteroatoms. The highest BCUT2D eigenvalue weighted by Gasteiger charge is 2.51. The summed E-state index contributed by atoms with van der Waals surface area (Å²) in [4.78, 5) is 0. The maximum Gasteiger partial charge on any atom is 0.0725 e. The molecule has 12 aromatic carbocycles. The quantitative estimate of drug-likeness (QED) is 0.155. The minimum atomic E-state index is -0.405. The maximum absolute atomic E-state index is 2.54. The van der Waals surface area contributed by atoms with Crippen molar-refractivity contribution in [1.29, 1.82) is 0 Å². The zero-order valence-electron chi connectivity index (χ0n) is 37.1. The fourth-order valence-electron chi connectivity index (χ4n) is 12.7. The lowest BCUT2D eigenvalue weighted by Gasteiger charge is -2.30. The molecule has 0 fully saturated rings. The number of rotatable bonds is 4. The number of hydrogen-bond donors (Lipinski definition) is 0. The monoisotopic (exact) mass is 859 g/mol. The van der Waals surface area contributed by atoms with Crippen LogP contribution in [-0.2, 0) is 5.41 Å². The third kappa shape index (κ3) is 5.00. The lowest BCUT2D eigenvalue weighted by molar-refractivity contribution is 0.794. The van der Waals surface area contributed by atoms with E-state index in [9.17, 15) is 0 Å². The van der Waals surface area contributed by atoms with Crippen LogP contribution in [0.5, 0.6) is 0 Å². The van der Waals surface area contributed by atoms with E-state index < -0.39 is 5.41 Å². The van der Waals surface area contributed by atoms with Gasteiger partial charge in [-0.05, 0) is 147 Å². The molecule has 1 nitrogen and oxygen atoms in total. The van der Waals surface area contributed by atoms with E-state index in [0.717, 1.165) is 5.69 Å². The van der Waals surface area contributed by atoms with Crippen LogP contribution in [0.4, 0.5) is 0 Å². The smallest absolute Gasteiger partial charge is 0.0725 e. The Morgan fingerprint density at radius 3 is 1.32 bits per heavy atom. The van der Waals surface area contributed by atoms with E-state index in [4.69, 9.17) is 0 Å². The van der Waals surface area contributed by atoms with E-state index in [2.05, 4.69) is 253 Å². The lowest BCUT2D eigenvalue weighted by Crippen LogP contribution is -2.25. The predicted octanol–water partition coefficient (Wildman–Crippen LogP) is 17.6. The zero-order chi connectivity index (χ0) is 44.5. The first-order chi connectivity index (χ1) is 33.8. The Hall–Kier alpha value is -8.78. The molecule has 13 aromatic rings. The summed E-state index contributed by atoms with van der Waals surface area (Å²) in [5.41, 5.74) is 21.3. The molecule has 0 aliphatic heterocycles. The van der Waals surface area contributed by atoms with Crippen LogP contribution in [0.3, 0.4) is 0 Å². The summed E-state index contributed by atoms with van der Waals surface area (Å²) >= 11 is 0. The normalized spacial score (nSPS) is 13.1. The molecular formula is C67H41N. The average Bonchev–Trinajstić information content (AvgIpc) is 4.01. The highest BCUT2D eigenvalue weighted by molar-refractivity contribution is 6.22. The molecule has 0 atom stereocenters. The Morgan fingerprint density at radius 1 is 0.250 bits per heavy atom. The van der Waals surface area contributed by atoms with Gasteiger partial charge in [0, 0.05) is 16.5 Å². The molecule has 0 saturated carbocycles. The van der Waals surface area contributed by atoms with E-state index in [0.29, 0.717) is 0 Å². The third-order valence-corrected chi connectivity index (χ3v) is 15.4. The van der Waals surface area contributed by atoms with E-state index in [1.54, 1.807) is 0 Å². The van der Waals surface area contributed by atoms with Crippen LogP contribution in [0, 0.1) is 0 Å². The highest BCUT2D eigenvalue weighted by Crippen LogP contribution is 2.63. The van der Waals surface area contributed by atoms with Crippen LogP contribution in [-0.4, -0.2) is 4.57 Å². The topological polar surface area (TPSA) is 4.93 Å². The first kappa shape index (κ1) is 37.4. The predicted molar refractivity (Wildman–Crippen MR) is 286 cm³/mol. The Morgan fingerprint density at radius 2 is 0.691 bits per heavy atom. The molecule has 314 valence electrons.